The molecule has 5 heteroatoms. The van der Waals surface area contributed by atoms with Gasteiger partial charge in [-0.2, -0.15) is 0 Å². The maximum Gasteiger partial charge on any atom is 0.227 e. The van der Waals surface area contributed by atoms with Gasteiger partial charge >= 0.3 is 0 Å². The van der Waals surface area contributed by atoms with Gasteiger partial charge in [0, 0.05) is 24.5 Å². The van der Waals surface area contributed by atoms with Gasteiger partial charge in [0.1, 0.15) is 0 Å². The van der Waals surface area contributed by atoms with E-state index < -0.39 is 0 Å². The Morgan fingerprint density at radius 1 is 1.33 bits per heavy atom. The molecule has 3 rings (SSSR count). The van der Waals surface area contributed by atoms with Crippen LogP contribution in [-0.2, 0) is 0 Å². The minimum atomic E-state index is 0. The van der Waals surface area contributed by atoms with Crippen LogP contribution in [0.1, 0.15) is 36.2 Å². The number of nitrogens with one attached hydrogen (secondary N) is 1. The van der Waals surface area contributed by atoms with E-state index in [0.29, 0.717) is 5.92 Å². The molecule has 0 bridgehead atoms. The van der Waals surface area contributed by atoms with Crippen molar-refractivity contribution in [3.05, 3.63) is 36.0 Å². The summed E-state index contributed by atoms with van der Waals surface area (Å²) in [6.45, 7) is 3.65. The topological polar surface area (TPSA) is 60.0 Å². The van der Waals surface area contributed by atoms with Gasteiger partial charge in [-0.3, -0.25) is 9.36 Å². The lowest BCUT2D eigenvalue weighted by Gasteiger charge is -2.28. The molecule has 1 aliphatic rings. The van der Waals surface area contributed by atoms with Crippen molar-refractivity contribution in [2.75, 3.05) is 13.1 Å². The van der Waals surface area contributed by atoms with Gasteiger partial charge in [-0.1, -0.05) is 18.2 Å². The Balaban J connectivity index is 0.00000161. The molecule has 1 atom stereocenters. The molecule has 0 amide bonds. The Morgan fingerprint density at radius 2 is 2.00 bits per heavy atom. The van der Waals surface area contributed by atoms with Gasteiger partial charge in [-0.15, -0.1) is 12.4 Å². The first kappa shape index (κ1) is 16.0. The molecule has 0 unspecified atom stereocenters. The Morgan fingerprint density at radius 3 is 2.67 bits per heavy atom. The summed E-state index contributed by atoms with van der Waals surface area (Å²) in [6.07, 6.45) is 4.13. The lowest BCUT2D eigenvalue weighted by atomic mass is 9.86. The summed E-state index contributed by atoms with van der Waals surface area (Å²) in [5, 5.41) is 4.47. The Hall–Kier alpha value is -1.36. The van der Waals surface area contributed by atoms with Gasteiger partial charge < -0.3 is 11.1 Å². The van der Waals surface area contributed by atoms with Gasteiger partial charge in [0.25, 0.3) is 0 Å². The molecule has 3 N–H and O–H groups in total. The molecular formula is C16H22ClN3O. The number of hydrogen-bond acceptors (Lipinski definition) is 3. The first-order valence-corrected chi connectivity index (χ1v) is 7.25. The van der Waals surface area contributed by atoms with Crippen LogP contribution in [0.4, 0.5) is 0 Å². The maximum atomic E-state index is 11.8. The van der Waals surface area contributed by atoms with E-state index in [-0.39, 0.29) is 24.4 Å². The van der Waals surface area contributed by atoms with Gasteiger partial charge in [0.2, 0.25) is 5.91 Å². The molecule has 2 heterocycles. The number of hydrogen-bond donors (Lipinski definition) is 2. The van der Waals surface area contributed by atoms with Crippen molar-refractivity contribution >= 4 is 29.2 Å². The second-order valence-electron chi connectivity index (χ2n) is 5.60. The van der Waals surface area contributed by atoms with Gasteiger partial charge in [0.05, 0.1) is 5.52 Å². The van der Waals surface area contributed by atoms with Crippen molar-refractivity contribution in [3.8, 4) is 0 Å². The van der Waals surface area contributed by atoms with Crippen molar-refractivity contribution < 1.29 is 4.79 Å². The fourth-order valence-corrected chi connectivity index (χ4v) is 3.19. The zero-order valence-corrected chi connectivity index (χ0v) is 13.0. The molecule has 1 fully saturated rings. The van der Waals surface area contributed by atoms with E-state index >= 15 is 0 Å². The van der Waals surface area contributed by atoms with Crippen molar-refractivity contribution in [2.24, 2.45) is 11.7 Å². The lowest BCUT2D eigenvalue weighted by molar-refractivity contribution is 0.0941. The molecule has 1 aromatic heterocycles. The molecule has 2 aromatic rings. The number of aromatic nitrogens is 1. The van der Waals surface area contributed by atoms with Crippen LogP contribution in [0.5, 0.6) is 0 Å². The van der Waals surface area contributed by atoms with Crippen LogP contribution in [0.3, 0.4) is 0 Å². The van der Waals surface area contributed by atoms with Crippen LogP contribution < -0.4 is 11.1 Å². The molecule has 0 aliphatic carbocycles. The fraction of sp³-hybridized carbons (Fsp3) is 0.438. The predicted molar refractivity (Wildman–Crippen MR) is 88.0 cm³/mol. The van der Waals surface area contributed by atoms with Crippen LogP contribution in [0, 0.1) is 5.92 Å². The third-order valence-corrected chi connectivity index (χ3v) is 4.33. The number of carbonyl (C=O) groups is 1. The highest BCUT2D eigenvalue weighted by Gasteiger charge is 2.25. The fourth-order valence-electron chi connectivity index (χ4n) is 3.19. The van der Waals surface area contributed by atoms with Crippen LogP contribution in [-0.4, -0.2) is 23.6 Å². The molecule has 1 aromatic carbocycles. The Kier molecular flexibility index (Phi) is 5.04. The van der Waals surface area contributed by atoms with Crippen molar-refractivity contribution in [2.45, 2.75) is 25.8 Å². The summed E-state index contributed by atoms with van der Waals surface area (Å²) in [7, 11) is 0. The van der Waals surface area contributed by atoms with Crippen molar-refractivity contribution in [3.63, 3.8) is 0 Å². The van der Waals surface area contributed by atoms with Crippen molar-refractivity contribution in [1.29, 1.82) is 0 Å². The molecule has 1 saturated heterocycles. The zero-order chi connectivity index (χ0) is 14.1. The first-order chi connectivity index (χ1) is 9.68. The smallest absolute Gasteiger partial charge is 0.227 e. The number of piperidine rings is 1. The van der Waals surface area contributed by atoms with Crippen molar-refractivity contribution in [1.82, 2.24) is 9.88 Å². The van der Waals surface area contributed by atoms with E-state index in [2.05, 4.69) is 11.4 Å². The molecule has 0 saturated carbocycles. The standard InChI is InChI=1S/C16H21N3O.ClH/c1-11(20)19-10-14(13-4-2-3-5-15(13)19)16(17)12-6-8-18-9-7-12;/h2-5,10,12,16,18H,6-9,17H2,1H3;1H/t16-;/m1./s1. The summed E-state index contributed by atoms with van der Waals surface area (Å²) in [5.41, 5.74) is 8.55. The van der Waals surface area contributed by atoms with Gasteiger partial charge in [-0.05, 0) is 43.5 Å². The summed E-state index contributed by atoms with van der Waals surface area (Å²) in [4.78, 5) is 11.8. The molecular weight excluding hydrogens is 286 g/mol. The number of carbonyl (C=O) groups excluding carboxylic acids is 1. The highest BCUT2D eigenvalue weighted by atomic mass is 35.5. The van der Waals surface area contributed by atoms with Crippen LogP contribution in [0.15, 0.2) is 30.5 Å². The summed E-state index contributed by atoms with van der Waals surface area (Å²) >= 11 is 0. The number of para-hydroxylation sites is 1. The molecule has 21 heavy (non-hydrogen) atoms. The predicted octanol–water partition coefficient (Wildman–Crippen LogP) is 2.72. The maximum absolute atomic E-state index is 11.8. The highest BCUT2D eigenvalue weighted by molar-refractivity contribution is 5.93. The van der Waals surface area contributed by atoms with E-state index in [9.17, 15) is 4.79 Å². The monoisotopic (exact) mass is 307 g/mol. The van der Waals surface area contributed by atoms with Gasteiger partial charge in [0.15, 0.2) is 0 Å². The lowest BCUT2D eigenvalue weighted by Crippen LogP contribution is -2.33. The first-order valence-electron chi connectivity index (χ1n) is 7.25. The van der Waals surface area contributed by atoms with E-state index in [1.54, 1.807) is 11.5 Å². The minimum Gasteiger partial charge on any atom is -0.324 e. The third kappa shape index (κ3) is 2.98. The third-order valence-electron chi connectivity index (χ3n) is 4.33. The average Bonchev–Trinajstić information content (AvgIpc) is 2.87. The normalized spacial score (nSPS) is 17.4. The molecule has 1 aliphatic heterocycles. The summed E-state index contributed by atoms with van der Waals surface area (Å²) in [6, 6.07) is 8.01. The molecule has 4 nitrogen and oxygen atoms in total. The highest BCUT2D eigenvalue weighted by Crippen LogP contribution is 2.32. The number of halogens is 1. The number of nitrogens with two attached hydrogens (primary N) is 1. The van der Waals surface area contributed by atoms with Crippen LogP contribution >= 0.6 is 12.4 Å². The summed E-state index contributed by atoms with van der Waals surface area (Å²) in [5.74, 6) is 0.521. The minimum absolute atomic E-state index is 0. The number of rotatable bonds is 2. The van der Waals surface area contributed by atoms with Crippen LogP contribution in [0.25, 0.3) is 10.9 Å². The second-order valence-corrected chi connectivity index (χ2v) is 5.60. The molecule has 0 spiro atoms. The van der Waals surface area contributed by atoms with Gasteiger partial charge in [-0.25, -0.2) is 0 Å². The Labute approximate surface area is 131 Å². The molecule has 114 valence electrons. The number of benzene rings is 1. The zero-order valence-electron chi connectivity index (χ0n) is 12.2. The van der Waals surface area contributed by atoms with E-state index in [4.69, 9.17) is 5.73 Å². The largest absolute Gasteiger partial charge is 0.324 e. The van der Waals surface area contributed by atoms with E-state index in [1.165, 1.54) is 0 Å². The van der Waals surface area contributed by atoms with E-state index in [1.807, 2.05) is 24.4 Å². The quantitative estimate of drug-likeness (QED) is 0.897. The summed E-state index contributed by atoms with van der Waals surface area (Å²) < 4.78 is 1.71. The van der Waals surface area contributed by atoms with E-state index in [0.717, 1.165) is 42.4 Å². The number of fused-ring (bicyclic) bond motifs is 1. The molecule has 0 radical (unpaired) electrons. The van der Waals surface area contributed by atoms with Crippen LogP contribution in [0.2, 0.25) is 0 Å². The average molecular weight is 308 g/mol. The SMILES string of the molecule is CC(=O)n1cc([C@H](N)C2CCNCC2)c2ccccc21.Cl. The Bertz CT molecular complexity index is 631. The second kappa shape index (κ2) is 6.60. The number of nitrogens with zero attached hydrogens (tertiary/aromatic N) is 1.